The zero-order valence-corrected chi connectivity index (χ0v) is 10.9. The maximum absolute atomic E-state index is 10.7. The number of anilines is 1. The van der Waals surface area contributed by atoms with Crippen LogP contribution in [0.1, 0.15) is 29.2 Å². The highest BCUT2D eigenvalue weighted by Crippen LogP contribution is 2.32. The summed E-state index contributed by atoms with van der Waals surface area (Å²) in [5, 5.41) is 19.5. The molecule has 0 aliphatic carbocycles. The molecule has 1 aromatic heterocycles. The molecule has 4 heteroatoms. The van der Waals surface area contributed by atoms with E-state index >= 15 is 0 Å². The van der Waals surface area contributed by atoms with Crippen LogP contribution in [0.2, 0.25) is 0 Å². The second-order valence-corrected chi connectivity index (χ2v) is 4.71. The molecule has 2 rings (SSSR count). The number of hydrogen-bond acceptors (Lipinski definition) is 4. The molecule has 0 amide bonds. The summed E-state index contributed by atoms with van der Waals surface area (Å²) >= 11 is 0. The van der Waals surface area contributed by atoms with Gasteiger partial charge in [0.15, 0.2) is 0 Å². The molecule has 3 N–H and O–H groups in total. The Labute approximate surface area is 112 Å². The highest BCUT2D eigenvalue weighted by Gasteiger charge is 2.28. The minimum Gasteiger partial charge on any atom is -0.383 e. The zero-order chi connectivity index (χ0) is 14.0. The van der Waals surface area contributed by atoms with Crippen LogP contribution in [0.3, 0.4) is 0 Å². The number of rotatable bonds is 2. The minimum absolute atomic E-state index is 0.306. The van der Waals surface area contributed by atoms with Crippen molar-refractivity contribution in [1.82, 2.24) is 4.98 Å². The molecule has 19 heavy (non-hydrogen) atoms. The third kappa shape index (κ3) is 2.42. The van der Waals surface area contributed by atoms with Crippen molar-refractivity contribution in [2.24, 2.45) is 0 Å². The summed E-state index contributed by atoms with van der Waals surface area (Å²) in [7, 11) is 0. The van der Waals surface area contributed by atoms with Crippen molar-refractivity contribution in [1.29, 1.82) is 5.26 Å². The Morgan fingerprint density at radius 2 is 1.95 bits per heavy atom. The van der Waals surface area contributed by atoms with Gasteiger partial charge in [-0.25, -0.2) is 4.98 Å². The van der Waals surface area contributed by atoms with E-state index in [4.69, 9.17) is 11.0 Å². The fourth-order valence-corrected chi connectivity index (χ4v) is 1.99. The summed E-state index contributed by atoms with van der Waals surface area (Å²) in [6.45, 7) is 3.56. The van der Waals surface area contributed by atoms with Crippen LogP contribution < -0.4 is 5.73 Å². The Morgan fingerprint density at radius 1 is 1.32 bits per heavy atom. The average Bonchev–Trinajstić information content (AvgIpc) is 2.41. The van der Waals surface area contributed by atoms with E-state index in [-0.39, 0.29) is 0 Å². The molecule has 96 valence electrons. The van der Waals surface area contributed by atoms with Crippen LogP contribution in [-0.4, -0.2) is 10.1 Å². The standard InChI is InChI=1S/C15H15N3O/c1-10-7-13(14(17)18-9-10)15(2,19)12-5-3-11(8-16)4-6-12/h3-7,9,19H,1-2H3,(H2,17,18). The first-order valence-electron chi connectivity index (χ1n) is 5.91. The van der Waals surface area contributed by atoms with Crippen LogP contribution in [0.15, 0.2) is 36.5 Å². The second-order valence-electron chi connectivity index (χ2n) is 4.71. The van der Waals surface area contributed by atoms with Crippen molar-refractivity contribution >= 4 is 5.82 Å². The van der Waals surface area contributed by atoms with Gasteiger partial charge in [0, 0.05) is 11.8 Å². The number of nitriles is 1. The molecular weight excluding hydrogens is 238 g/mol. The number of benzene rings is 1. The largest absolute Gasteiger partial charge is 0.383 e. The van der Waals surface area contributed by atoms with E-state index in [1.54, 1.807) is 37.4 Å². The van der Waals surface area contributed by atoms with Crippen molar-refractivity contribution in [3.8, 4) is 6.07 Å². The Kier molecular flexibility index (Phi) is 3.24. The van der Waals surface area contributed by atoms with Gasteiger partial charge in [-0.3, -0.25) is 0 Å². The number of pyridine rings is 1. The van der Waals surface area contributed by atoms with E-state index in [1.807, 2.05) is 19.1 Å². The molecule has 1 heterocycles. The lowest BCUT2D eigenvalue weighted by Crippen LogP contribution is -2.25. The molecule has 0 bridgehead atoms. The van der Waals surface area contributed by atoms with Crippen LogP contribution in [0.5, 0.6) is 0 Å². The molecule has 0 aliphatic rings. The minimum atomic E-state index is -1.24. The smallest absolute Gasteiger partial charge is 0.129 e. The van der Waals surface area contributed by atoms with Gasteiger partial charge in [-0.1, -0.05) is 12.1 Å². The van der Waals surface area contributed by atoms with Gasteiger partial charge in [0.05, 0.1) is 11.6 Å². The topological polar surface area (TPSA) is 82.9 Å². The molecule has 4 nitrogen and oxygen atoms in total. The van der Waals surface area contributed by atoms with Gasteiger partial charge in [-0.2, -0.15) is 5.26 Å². The quantitative estimate of drug-likeness (QED) is 0.858. The van der Waals surface area contributed by atoms with Crippen LogP contribution in [0, 0.1) is 18.3 Å². The average molecular weight is 253 g/mol. The van der Waals surface area contributed by atoms with Gasteiger partial charge in [0.25, 0.3) is 0 Å². The summed E-state index contributed by atoms with van der Waals surface area (Å²) in [6, 6.07) is 10.7. The van der Waals surface area contributed by atoms with E-state index in [0.29, 0.717) is 22.5 Å². The van der Waals surface area contributed by atoms with Gasteiger partial charge >= 0.3 is 0 Å². The number of nitrogens with zero attached hydrogens (tertiary/aromatic N) is 2. The van der Waals surface area contributed by atoms with E-state index in [9.17, 15) is 5.11 Å². The molecular formula is C15H15N3O. The van der Waals surface area contributed by atoms with Crippen molar-refractivity contribution in [3.63, 3.8) is 0 Å². The molecule has 1 unspecified atom stereocenters. The summed E-state index contributed by atoms with van der Waals surface area (Å²) in [4.78, 5) is 4.07. The summed E-state index contributed by atoms with van der Waals surface area (Å²) in [5.41, 5.74) is 7.32. The van der Waals surface area contributed by atoms with Gasteiger partial charge in [0.2, 0.25) is 0 Å². The number of nitrogens with two attached hydrogens (primary N) is 1. The van der Waals surface area contributed by atoms with Crippen LogP contribution in [0.25, 0.3) is 0 Å². The normalized spacial score (nSPS) is 13.6. The lowest BCUT2D eigenvalue weighted by molar-refractivity contribution is 0.103. The number of aryl methyl sites for hydroxylation is 1. The van der Waals surface area contributed by atoms with Gasteiger partial charge < -0.3 is 10.8 Å². The van der Waals surface area contributed by atoms with E-state index in [2.05, 4.69) is 4.98 Å². The molecule has 0 radical (unpaired) electrons. The van der Waals surface area contributed by atoms with Crippen molar-refractivity contribution < 1.29 is 5.11 Å². The first-order valence-corrected chi connectivity index (χ1v) is 5.91. The van der Waals surface area contributed by atoms with Crippen LogP contribution in [-0.2, 0) is 5.60 Å². The highest BCUT2D eigenvalue weighted by molar-refractivity contribution is 5.49. The molecule has 0 saturated heterocycles. The van der Waals surface area contributed by atoms with Gasteiger partial charge in [-0.05, 0) is 43.2 Å². The maximum Gasteiger partial charge on any atom is 0.129 e. The summed E-state index contributed by atoms with van der Waals surface area (Å²) in [6.07, 6.45) is 1.66. The van der Waals surface area contributed by atoms with Gasteiger partial charge in [-0.15, -0.1) is 0 Å². The lowest BCUT2D eigenvalue weighted by Gasteiger charge is -2.25. The Balaban J connectivity index is 2.51. The zero-order valence-electron chi connectivity index (χ0n) is 10.9. The van der Waals surface area contributed by atoms with E-state index < -0.39 is 5.60 Å². The molecule has 0 aliphatic heterocycles. The van der Waals surface area contributed by atoms with Crippen LogP contribution in [0.4, 0.5) is 5.82 Å². The molecule has 2 aromatic rings. The third-order valence-corrected chi connectivity index (χ3v) is 3.16. The monoisotopic (exact) mass is 253 g/mol. The highest BCUT2D eigenvalue weighted by atomic mass is 16.3. The molecule has 0 spiro atoms. The first kappa shape index (κ1) is 13.1. The molecule has 1 atom stereocenters. The first-order chi connectivity index (χ1) is 8.95. The second kappa shape index (κ2) is 4.71. The number of hydrogen-bond donors (Lipinski definition) is 2. The van der Waals surface area contributed by atoms with Crippen LogP contribution >= 0.6 is 0 Å². The predicted molar refractivity (Wildman–Crippen MR) is 73.2 cm³/mol. The van der Waals surface area contributed by atoms with Crippen molar-refractivity contribution in [2.45, 2.75) is 19.4 Å². The Bertz CT molecular complexity index is 639. The van der Waals surface area contributed by atoms with Gasteiger partial charge in [0.1, 0.15) is 11.4 Å². The Morgan fingerprint density at radius 3 is 2.53 bits per heavy atom. The number of aliphatic hydroxyl groups is 1. The number of nitrogen functional groups attached to an aromatic ring is 1. The van der Waals surface area contributed by atoms with E-state index in [0.717, 1.165) is 5.56 Å². The third-order valence-electron chi connectivity index (χ3n) is 3.16. The maximum atomic E-state index is 10.7. The molecule has 0 fully saturated rings. The summed E-state index contributed by atoms with van der Waals surface area (Å²) in [5.74, 6) is 0.306. The van der Waals surface area contributed by atoms with E-state index in [1.165, 1.54) is 0 Å². The fraction of sp³-hybridized carbons (Fsp3) is 0.200. The van der Waals surface area contributed by atoms with Crippen molar-refractivity contribution in [3.05, 3.63) is 58.8 Å². The lowest BCUT2D eigenvalue weighted by atomic mass is 9.87. The predicted octanol–water partition coefficient (Wildman–Crippen LogP) is 2.10. The molecule has 0 saturated carbocycles. The molecule has 1 aromatic carbocycles. The fourth-order valence-electron chi connectivity index (χ4n) is 1.99. The number of aromatic nitrogens is 1. The summed E-state index contributed by atoms with van der Waals surface area (Å²) < 4.78 is 0. The SMILES string of the molecule is Cc1cnc(N)c(C(C)(O)c2ccc(C#N)cc2)c1. The Hall–Kier alpha value is -2.38. The van der Waals surface area contributed by atoms with Crippen molar-refractivity contribution in [2.75, 3.05) is 5.73 Å².